The molecule has 1 saturated heterocycles. The number of rotatable bonds is 3. The molecule has 0 aliphatic carbocycles. The van der Waals surface area contributed by atoms with Crippen molar-refractivity contribution in [2.24, 2.45) is 5.92 Å². The minimum absolute atomic E-state index is 0.0182. The molecule has 2 atom stereocenters. The van der Waals surface area contributed by atoms with Gasteiger partial charge in [-0.25, -0.2) is 9.59 Å². The summed E-state index contributed by atoms with van der Waals surface area (Å²) < 4.78 is 0. The second-order valence-electron chi connectivity index (χ2n) is 5.51. The fourth-order valence-corrected chi connectivity index (χ4v) is 2.81. The van der Waals surface area contributed by atoms with E-state index in [0.717, 1.165) is 12.0 Å². The summed E-state index contributed by atoms with van der Waals surface area (Å²) in [6.45, 7) is 2.78. The largest absolute Gasteiger partial charge is 0.480 e. The summed E-state index contributed by atoms with van der Waals surface area (Å²) in [6.07, 6.45) is 0.720. The highest BCUT2D eigenvalue weighted by Gasteiger charge is 2.40. The molecule has 2 amide bonds. The van der Waals surface area contributed by atoms with E-state index in [4.69, 9.17) is 11.6 Å². The van der Waals surface area contributed by atoms with Crippen molar-refractivity contribution in [1.29, 1.82) is 0 Å². The van der Waals surface area contributed by atoms with Crippen molar-refractivity contribution < 1.29 is 14.7 Å². The van der Waals surface area contributed by atoms with Gasteiger partial charge in [-0.2, -0.15) is 0 Å². The quantitative estimate of drug-likeness (QED) is 0.933. The van der Waals surface area contributed by atoms with E-state index in [2.05, 4.69) is 0 Å². The van der Waals surface area contributed by atoms with Gasteiger partial charge in [-0.3, -0.25) is 0 Å². The summed E-state index contributed by atoms with van der Waals surface area (Å²) in [7, 11) is 1.68. The molecule has 1 fully saturated rings. The van der Waals surface area contributed by atoms with Crippen LogP contribution in [0.2, 0.25) is 5.02 Å². The Kier molecular flexibility index (Phi) is 4.73. The van der Waals surface area contributed by atoms with Gasteiger partial charge < -0.3 is 14.9 Å². The van der Waals surface area contributed by atoms with E-state index >= 15 is 0 Å². The molecule has 114 valence electrons. The highest BCUT2D eigenvalue weighted by molar-refractivity contribution is 6.30. The fourth-order valence-electron chi connectivity index (χ4n) is 2.69. The molecule has 6 heteroatoms. The van der Waals surface area contributed by atoms with Crippen molar-refractivity contribution >= 4 is 23.6 Å². The number of aliphatic carboxylic acids is 1. The molecule has 1 aromatic carbocycles. The maximum atomic E-state index is 12.4. The zero-order valence-corrected chi connectivity index (χ0v) is 12.9. The Hall–Kier alpha value is -1.75. The van der Waals surface area contributed by atoms with E-state index < -0.39 is 12.0 Å². The van der Waals surface area contributed by atoms with Gasteiger partial charge in [0.15, 0.2) is 0 Å². The van der Waals surface area contributed by atoms with Crippen LogP contribution >= 0.6 is 11.6 Å². The van der Waals surface area contributed by atoms with Crippen LogP contribution in [-0.4, -0.2) is 46.5 Å². The number of nitrogens with zero attached hydrogens (tertiary/aromatic N) is 2. The molecule has 2 rings (SSSR count). The third-order valence-electron chi connectivity index (χ3n) is 3.86. The van der Waals surface area contributed by atoms with Crippen LogP contribution in [0.4, 0.5) is 4.79 Å². The number of benzene rings is 1. The van der Waals surface area contributed by atoms with Crippen molar-refractivity contribution in [1.82, 2.24) is 9.80 Å². The molecule has 1 heterocycles. The second-order valence-corrected chi connectivity index (χ2v) is 5.94. The maximum Gasteiger partial charge on any atom is 0.326 e. The SMILES string of the molecule is CC1CCN(C(=O)N(C)Cc2ccc(Cl)cc2)C1C(=O)O. The molecule has 0 aromatic heterocycles. The smallest absolute Gasteiger partial charge is 0.326 e. The van der Waals surface area contributed by atoms with Crippen LogP contribution in [0, 0.1) is 5.92 Å². The molecule has 0 saturated carbocycles. The Balaban J connectivity index is 2.05. The third-order valence-corrected chi connectivity index (χ3v) is 4.11. The van der Waals surface area contributed by atoms with Gasteiger partial charge >= 0.3 is 12.0 Å². The molecule has 0 bridgehead atoms. The van der Waals surface area contributed by atoms with E-state index in [1.54, 1.807) is 19.2 Å². The summed E-state index contributed by atoms with van der Waals surface area (Å²) >= 11 is 5.83. The van der Waals surface area contributed by atoms with Crippen molar-refractivity contribution in [3.63, 3.8) is 0 Å². The number of carboxylic acid groups (broad SMARTS) is 1. The Morgan fingerprint density at radius 3 is 2.57 bits per heavy atom. The van der Waals surface area contributed by atoms with Crippen LogP contribution in [0.1, 0.15) is 18.9 Å². The molecule has 21 heavy (non-hydrogen) atoms. The number of carbonyl (C=O) groups excluding carboxylic acids is 1. The van der Waals surface area contributed by atoms with Gasteiger partial charge in [0.05, 0.1) is 0 Å². The van der Waals surface area contributed by atoms with Crippen molar-refractivity contribution in [2.75, 3.05) is 13.6 Å². The molecular formula is C15H19ClN2O3. The molecule has 1 aliphatic rings. The topological polar surface area (TPSA) is 60.9 Å². The number of amides is 2. The standard InChI is InChI=1S/C15H19ClN2O3/c1-10-7-8-18(13(10)14(19)20)15(21)17(2)9-11-3-5-12(16)6-4-11/h3-6,10,13H,7-9H2,1-2H3,(H,19,20). The highest BCUT2D eigenvalue weighted by atomic mass is 35.5. The van der Waals surface area contributed by atoms with Crippen LogP contribution < -0.4 is 0 Å². The predicted molar refractivity (Wildman–Crippen MR) is 80.2 cm³/mol. The van der Waals surface area contributed by atoms with E-state index in [1.165, 1.54) is 9.80 Å². The first-order valence-electron chi connectivity index (χ1n) is 6.89. The molecular weight excluding hydrogens is 292 g/mol. The lowest BCUT2D eigenvalue weighted by Crippen LogP contribution is -2.47. The molecule has 1 N–H and O–H groups in total. The first kappa shape index (κ1) is 15.6. The maximum absolute atomic E-state index is 12.4. The number of hydrogen-bond donors (Lipinski definition) is 1. The van der Waals surface area contributed by atoms with E-state index in [9.17, 15) is 14.7 Å². The molecule has 0 spiro atoms. The number of likely N-dealkylation sites (tertiary alicyclic amines) is 1. The van der Waals surface area contributed by atoms with Crippen LogP contribution in [0.25, 0.3) is 0 Å². The van der Waals surface area contributed by atoms with Gasteiger partial charge in [-0.15, -0.1) is 0 Å². The van der Waals surface area contributed by atoms with Crippen molar-refractivity contribution in [2.45, 2.75) is 25.9 Å². The minimum Gasteiger partial charge on any atom is -0.480 e. The number of carbonyl (C=O) groups is 2. The number of hydrogen-bond acceptors (Lipinski definition) is 2. The second kappa shape index (κ2) is 6.35. The third kappa shape index (κ3) is 3.47. The summed E-state index contributed by atoms with van der Waals surface area (Å²) in [4.78, 5) is 26.7. The Labute approximate surface area is 129 Å². The Bertz CT molecular complexity index is 532. The normalized spacial score (nSPS) is 21.4. The van der Waals surface area contributed by atoms with Gasteiger partial charge in [0.1, 0.15) is 6.04 Å². The van der Waals surface area contributed by atoms with Gasteiger partial charge in [-0.1, -0.05) is 30.7 Å². The van der Waals surface area contributed by atoms with E-state index in [1.807, 2.05) is 19.1 Å². The van der Waals surface area contributed by atoms with E-state index in [0.29, 0.717) is 18.1 Å². The van der Waals surface area contributed by atoms with Gasteiger partial charge in [-0.05, 0) is 30.0 Å². The van der Waals surface area contributed by atoms with Gasteiger partial charge in [0, 0.05) is 25.2 Å². The molecule has 0 radical (unpaired) electrons. The first-order chi connectivity index (χ1) is 9.90. The average Bonchev–Trinajstić information content (AvgIpc) is 2.82. The van der Waals surface area contributed by atoms with Crippen LogP contribution in [-0.2, 0) is 11.3 Å². The lowest BCUT2D eigenvalue weighted by Gasteiger charge is -2.28. The zero-order valence-electron chi connectivity index (χ0n) is 12.1. The van der Waals surface area contributed by atoms with Crippen molar-refractivity contribution in [3.8, 4) is 0 Å². The minimum atomic E-state index is -0.937. The monoisotopic (exact) mass is 310 g/mol. The summed E-state index contributed by atoms with van der Waals surface area (Å²) in [5, 5.41) is 9.92. The zero-order chi connectivity index (χ0) is 15.6. The first-order valence-corrected chi connectivity index (χ1v) is 7.27. The van der Waals surface area contributed by atoms with Crippen LogP contribution in [0.5, 0.6) is 0 Å². The lowest BCUT2D eigenvalue weighted by molar-refractivity contribution is -0.142. The van der Waals surface area contributed by atoms with Crippen LogP contribution in [0.3, 0.4) is 0 Å². The molecule has 5 nitrogen and oxygen atoms in total. The Morgan fingerprint density at radius 1 is 1.38 bits per heavy atom. The highest BCUT2D eigenvalue weighted by Crippen LogP contribution is 2.25. The summed E-state index contributed by atoms with van der Waals surface area (Å²) in [5.74, 6) is -0.955. The predicted octanol–water partition coefficient (Wildman–Crippen LogP) is 2.69. The number of carboxylic acids is 1. The summed E-state index contributed by atoms with van der Waals surface area (Å²) in [6, 6.07) is 6.27. The van der Waals surface area contributed by atoms with E-state index in [-0.39, 0.29) is 11.9 Å². The molecule has 1 aromatic rings. The Morgan fingerprint density at radius 2 is 2.00 bits per heavy atom. The van der Waals surface area contributed by atoms with Crippen LogP contribution in [0.15, 0.2) is 24.3 Å². The molecule has 2 unspecified atom stereocenters. The van der Waals surface area contributed by atoms with Gasteiger partial charge in [0.2, 0.25) is 0 Å². The fraction of sp³-hybridized carbons (Fsp3) is 0.467. The number of urea groups is 1. The number of halogens is 1. The lowest BCUT2D eigenvalue weighted by atomic mass is 10.0. The van der Waals surface area contributed by atoms with Crippen molar-refractivity contribution in [3.05, 3.63) is 34.9 Å². The average molecular weight is 311 g/mol. The van der Waals surface area contributed by atoms with Gasteiger partial charge in [0.25, 0.3) is 0 Å². The summed E-state index contributed by atoms with van der Waals surface area (Å²) in [5.41, 5.74) is 0.953. The molecule has 1 aliphatic heterocycles.